The summed E-state index contributed by atoms with van der Waals surface area (Å²) in [6.07, 6.45) is 5.09. The van der Waals surface area contributed by atoms with Crippen molar-refractivity contribution in [1.29, 1.82) is 0 Å². The van der Waals surface area contributed by atoms with Crippen LogP contribution >= 0.6 is 0 Å². The second-order valence-electron chi connectivity index (χ2n) is 4.68. The topological polar surface area (TPSA) is 64.2 Å². The molecule has 0 radical (unpaired) electrons. The molecule has 0 saturated heterocycles. The van der Waals surface area contributed by atoms with Crippen molar-refractivity contribution in [2.75, 3.05) is 7.05 Å². The smallest absolute Gasteiger partial charge is 0.245 e. The Kier molecular flexibility index (Phi) is 3.69. The molecule has 2 aromatic rings. The lowest BCUT2D eigenvalue weighted by Crippen LogP contribution is -2.32. The molecule has 1 atom stereocenters. The van der Waals surface area contributed by atoms with Crippen LogP contribution in [0.15, 0.2) is 23.2 Å². The van der Waals surface area contributed by atoms with E-state index in [0.717, 1.165) is 17.0 Å². The monoisotopic (exact) mass is 262 g/mol. The molecule has 2 heterocycles. The number of carbonyl (C=O) groups excluding carboxylic acids is 1. The molecule has 0 aromatic carbocycles. The summed E-state index contributed by atoms with van der Waals surface area (Å²) in [7, 11) is 1.78. The standard InChI is InChI=1S/C13H18N4O2/c1-9-12(11(3)19-15-9)7-16(4)13(18)10(2)17-6-5-14-8-17/h5-6,8,10H,7H2,1-4H3/t10-/m1/s1. The number of hydrogen-bond acceptors (Lipinski definition) is 4. The molecule has 1 amide bonds. The van der Waals surface area contributed by atoms with E-state index in [0.29, 0.717) is 6.54 Å². The molecule has 0 aliphatic heterocycles. The lowest BCUT2D eigenvalue weighted by molar-refractivity contribution is -0.133. The van der Waals surface area contributed by atoms with Crippen molar-refractivity contribution in [3.05, 3.63) is 35.7 Å². The average molecular weight is 262 g/mol. The van der Waals surface area contributed by atoms with Crippen molar-refractivity contribution in [2.24, 2.45) is 0 Å². The Balaban J connectivity index is 2.08. The summed E-state index contributed by atoms with van der Waals surface area (Å²) in [5.74, 6) is 0.783. The van der Waals surface area contributed by atoms with E-state index in [1.54, 1.807) is 35.2 Å². The van der Waals surface area contributed by atoms with Gasteiger partial charge in [0.1, 0.15) is 11.8 Å². The van der Waals surface area contributed by atoms with Gasteiger partial charge >= 0.3 is 0 Å². The molecule has 0 aliphatic carbocycles. The third-order valence-electron chi connectivity index (χ3n) is 3.28. The van der Waals surface area contributed by atoms with Crippen LogP contribution in [0.2, 0.25) is 0 Å². The number of imidazole rings is 1. The minimum Gasteiger partial charge on any atom is -0.361 e. The minimum atomic E-state index is -0.270. The van der Waals surface area contributed by atoms with Crippen LogP contribution in [0.5, 0.6) is 0 Å². The van der Waals surface area contributed by atoms with Crippen molar-refractivity contribution < 1.29 is 9.32 Å². The molecule has 6 nitrogen and oxygen atoms in total. The van der Waals surface area contributed by atoms with Gasteiger partial charge in [-0.15, -0.1) is 0 Å². The number of rotatable bonds is 4. The van der Waals surface area contributed by atoms with E-state index in [9.17, 15) is 4.79 Å². The molecule has 0 saturated carbocycles. The fraction of sp³-hybridized carbons (Fsp3) is 0.462. The predicted octanol–water partition coefficient (Wildman–Crippen LogP) is 1.71. The fourth-order valence-corrected chi connectivity index (χ4v) is 1.99. The number of hydrogen-bond donors (Lipinski definition) is 0. The fourth-order valence-electron chi connectivity index (χ4n) is 1.99. The average Bonchev–Trinajstić information content (AvgIpc) is 3.02. The van der Waals surface area contributed by atoms with Gasteiger partial charge in [0, 0.05) is 25.0 Å². The first-order chi connectivity index (χ1) is 9.00. The van der Waals surface area contributed by atoms with Gasteiger partial charge < -0.3 is 14.0 Å². The third kappa shape index (κ3) is 2.67. The zero-order valence-electron chi connectivity index (χ0n) is 11.6. The normalized spacial score (nSPS) is 12.4. The van der Waals surface area contributed by atoms with Crippen molar-refractivity contribution in [3.63, 3.8) is 0 Å². The zero-order chi connectivity index (χ0) is 14.0. The van der Waals surface area contributed by atoms with E-state index in [4.69, 9.17) is 4.52 Å². The summed E-state index contributed by atoms with van der Waals surface area (Å²) < 4.78 is 6.89. The van der Waals surface area contributed by atoms with Crippen LogP contribution in [0.4, 0.5) is 0 Å². The first-order valence-corrected chi connectivity index (χ1v) is 6.15. The number of carbonyl (C=O) groups is 1. The SMILES string of the molecule is Cc1noc(C)c1CN(C)C(=O)[C@@H](C)n1ccnc1. The summed E-state index contributed by atoms with van der Waals surface area (Å²) in [5.41, 5.74) is 1.79. The van der Waals surface area contributed by atoms with Gasteiger partial charge in [-0.3, -0.25) is 4.79 Å². The molecule has 0 N–H and O–H groups in total. The molecule has 0 unspecified atom stereocenters. The van der Waals surface area contributed by atoms with Crippen LogP contribution < -0.4 is 0 Å². The minimum absolute atomic E-state index is 0.0259. The maximum Gasteiger partial charge on any atom is 0.245 e. The van der Waals surface area contributed by atoms with Gasteiger partial charge in [0.15, 0.2) is 0 Å². The van der Waals surface area contributed by atoms with Crippen LogP contribution in [0.3, 0.4) is 0 Å². The lowest BCUT2D eigenvalue weighted by atomic mass is 10.2. The molecular weight excluding hydrogens is 244 g/mol. The molecular formula is C13H18N4O2. The van der Waals surface area contributed by atoms with E-state index < -0.39 is 0 Å². The molecule has 0 aliphatic rings. The van der Waals surface area contributed by atoms with E-state index in [1.807, 2.05) is 20.8 Å². The molecule has 0 bridgehead atoms. The number of amides is 1. The Morgan fingerprint density at radius 3 is 2.79 bits per heavy atom. The van der Waals surface area contributed by atoms with Crippen LogP contribution in [-0.4, -0.2) is 32.6 Å². The van der Waals surface area contributed by atoms with Crippen LogP contribution in [0.25, 0.3) is 0 Å². The molecule has 2 rings (SSSR count). The predicted molar refractivity (Wildman–Crippen MR) is 69.4 cm³/mol. The first kappa shape index (κ1) is 13.3. The zero-order valence-corrected chi connectivity index (χ0v) is 11.6. The largest absolute Gasteiger partial charge is 0.361 e. The summed E-state index contributed by atoms with van der Waals surface area (Å²) in [6, 6.07) is -0.270. The number of aryl methyl sites for hydroxylation is 2. The van der Waals surface area contributed by atoms with Gasteiger partial charge in [-0.2, -0.15) is 0 Å². The van der Waals surface area contributed by atoms with Gasteiger partial charge in [-0.05, 0) is 20.8 Å². The van der Waals surface area contributed by atoms with Gasteiger partial charge in [0.2, 0.25) is 5.91 Å². The molecule has 6 heteroatoms. The second-order valence-corrected chi connectivity index (χ2v) is 4.68. The van der Waals surface area contributed by atoms with Gasteiger partial charge in [0.25, 0.3) is 0 Å². The van der Waals surface area contributed by atoms with Crippen LogP contribution in [-0.2, 0) is 11.3 Å². The Morgan fingerprint density at radius 2 is 2.26 bits per heavy atom. The van der Waals surface area contributed by atoms with Crippen molar-refractivity contribution in [1.82, 2.24) is 19.6 Å². The first-order valence-electron chi connectivity index (χ1n) is 6.15. The van der Waals surface area contributed by atoms with Crippen molar-refractivity contribution in [3.8, 4) is 0 Å². The second kappa shape index (κ2) is 5.26. The molecule has 0 fully saturated rings. The molecule has 2 aromatic heterocycles. The van der Waals surface area contributed by atoms with Gasteiger partial charge in [-0.1, -0.05) is 5.16 Å². The quantitative estimate of drug-likeness (QED) is 0.841. The molecule has 0 spiro atoms. The van der Waals surface area contributed by atoms with Gasteiger partial charge in [0.05, 0.1) is 18.6 Å². The lowest BCUT2D eigenvalue weighted by Gasteiger charge is -2.22. The van der Waals surface area contributed by atoms with E-state index in [2.05, 4.69) is 10.1 Å². The highest BCUT2D eigenvalue weighted by atomic mass is 16.5. The number of likely N-dealkylation sites (N-methyl/N-ethyl adjacent to an activating group) is 1. The Labute approximate surface area is 112 Å². The maximum absolute atomic E-state index is 12.3. The Morgan fingerprint density at radius 1 is 1.53 bits per heavy atom. The van der Waals surface area contributed by atoms with Crippen molar-refractivity contribution >= 4 is 5.91 Å². The highest BCUT2D eigenvalue weighted by Crippen LogP contribution is 2.16. The third-order valence-corrected chi connectivity index (χ3v) is 3.28. The molecule has 19 heavy (non-hydrogen) atoms. The Bertz CT molecular complexity index is 540. The van der Waals surface area contributed by atoms with E-state index in [-0.39, 0.29) is 11.9 Å². The maximum atomic E-state index is 12.3. The van der Waals surface area contributed by atoms with Crippen LogP contribution in [0.1, 0.15) is 30.0 Å². The van der Waals surface area contributed by atoms with Crippen molar-refractivity contribution in [2.45, 2.75) is 33.4 Å². The highest BCUT2D eigenvalue weighted by molar-refractivity contribution is 5.79. The van der Waals surface area contributed by atoms with E-state index in [1.165, 1.54) is 0 Å². The number of nitrogens with zero attached hydrogens (tertiary/aromatic N) is 4. The number of aromatic nitrogens is 3. The van der Waals surface area contributed by atoms with Gasteiger partial charge in [-0.25, -0.2) is 4.98 Å². The molecule has 102 valence electrons. The Hall–Kier alpha value is -2.11. The summed E-state index contributed by atoms with van der Waals surface area (Å²) in [4.78, 5) is 18.0. The summed E-state index contributed by atoms with van der Waals surface area (Å²) in [6.45, 7) is 6.09. The summed E-state index contributed by atoms with van der Waals surface area (Å²) >= 11 is 0. The summed E-state index contributed by atoms with van der Waals surface area (Å²) in [5, 5.41) is 3.90. The van der Waals surface area contributed by atoms with Crippen LogP contribution in [0, 0.1) is 13.8 Å². The highest BCUT2D eigenvalue weighted by Gasteiger charge is 2.21. The van der Waals surface area contributed by atoms with E-state index >= 15 is 0 Å².